The Hall–Kier alpha value is -3.77. The van der Waals surface area contributed by atoms with Crippen LogP contribution in [0.2, 0.25) is 0 Å². The lowest BCUT2D eigenvalue weighted by molar-refractivity contribution is -0.122. The number of benzene rings is 3. The highest BCUT2D eigenvalue weighted by Gasteiger charge is 2.34. The number of ether oxygens (including phenoxy) is 2. The second kappa shape index (κ2) is 12.4. The number of thiocarbonyl (C=S) groups is 1. The van der Waals surface area contributed by atoms with E-state index in [1.807, 2.05) is 45.0 Å². The second-order valence-electron chi connectivity index (χ2n) is 8.69. The van der Waals surface area contributed by atoms with Crippen LogP contribution in [-0.4, -0.2) is 36.0 Å². The fraction of sp³-hybridized carbons (Fsp3) is 0.172. The Balaban J connectivity index is 1.56. The zero-order chi connectivity index (χ0) is 28.1. The van der Waals surface area contributed by atoms with E-state index in [9.17, 15) is 14.4 Å². The van der Waals surface area contributed by atoms with Crippen LogP contribution in [0.1, 0.15) is 23.6 Å². The number of hydrogen-bond acceptors (Lipinski definition) is 6. The molecule has 0 aromatic heterocycles. The van der Waals surface area contributed by atoms with Crippen LogP contribution in [-0.2, 0) is 14.4 Å². The van der Waals surface area contributed by atoms with Gasteiger partial charge in [0, 0.05) is 5.69 Å². The first-order valence-electron chi connectivity index (χ1n) is 12.1. The lowest BCUT2D eigenvalue weighted by Gasteiger charge is -2.28. The smallest absolute Gasteiger partial charge is 0.270 e. The molecule has 0 unspecified atom stereocenters. The Morgan fingerprint density at radius 3 is 2.49 bits per heavy atom. The first-order chi connectivity index (χ1) is 18.7. The van der Waals surface area contributed by atoms with Gasteiger partial charge in [-0.1, -0.05) is 24.3 Å². The number of amides is 3. The fourth-order valence-electron chi connectivity index (χ4n) is 3.86. The summed E-state index contributed by atoms with van der Waals surface area (Å²) in [6, 6.07) is 17.9. The van der Waals surface area contributed by atoms with E-state index >= 15 is 0 Å². The molecule has 1 heterocycles. The third-order valence-electron chi connectivity index (χ3n) is 5.90. The average molecular weight is 656 g/mol. The maximum Gasteiger partial charge on any atom is 0.270 e. The number of aryl methyl sites for hydroxylation is 2. The standard InChI is InChI=1S/C29H26IN3O5S/c1-4-37-24-15-19(13-22-27(35)32-29(39)33(28(22)36)21-8-6-5-7-9-21)14-23(30)26(24)38-16-25(34)31-20-11-10-17(2)18(3)12-20/h5-15H,4,16H2,1-3H3,(H,31,34)(H,32,35,39)/b22-13-. The van der Waals surface area contributed by atoms with Gasteiger partial charge in [-0.25, -0.2) is 0 Å². The van der Waals surface area contributed by atoms with Crippen LogP contribution in [0.25, 0.3) is 6.08 Å². The minimum Gasteiger partial charge on any atom is -0.490 e. The summed E-state index contributed by atoms with van der Waals surface area (Å²) < 4.78 is 12.3. The molecule has 8 nitrogen and oxygen atoms in total. The Morgan fingerprint density at radius 1 is 1.05 bits per heavy atom. The summed E-state index contributed by atoms with van der Waals surface area (Å²) in [5.41, 5.74) is 3.92. The van der Waals surface area contributed by atoms with Crippen molar-refractivity contribution < 1.29 is 23.9 Å². The average Bonchev–Trinajstić information content (AvgIpc) is 2.89. The van der Waals surface area contributed by atoms with Crippen molar-refractivity contribution in [1.82, 2.24) is 5.32 Å². The van der Waals surface area contributed by atoms with Gasteiger partial charge in [0.2, 0.25) is 0 Å². The van der Waals surface area contributed by atoms with Crippen molar-refractivity contribution in [1.29, 1.82) is 0 Å². The molecular formula is C29H26IN3O5S. The Morgan fingerprint density at radius 2 is 1.79 bits per heavy atom. The number of para-hydroxylation sites is 1. The minimum absolute atomic E-state index is 0.0146. The molecule has 10 heteroatoms. The normalized spacial score (nSPS) is 14.3. The van der Waals surface area contributed by atoms with Crippen molar-refractivity contribution in [2.75, 3.05) is 23.4 Å². The molecule has 0 atom stereocenters. The number of rotatable bonds is 8. The Kier molecular flexibility index (Phi) is 8.97. The summed E-state index contributed by atoms with van der Waals surface area (Å²) in [6.07, 6.45) is 1.48. The molecule has 200 valence electrons. The second-order valence-corrected chi connectivity index (χ2v) is 10.2. The third kappa shape index (κ3) is 6.63. The highest BCUT2D eigenvalue weighted by molar-refractivity contribution is 14.1. The molecular weight excluding hydrogens is 629 g/mol. The predicted octanol–water partition coefficient (Wildman–Crippen LogP) is 5.16. The van der Waals surface area contributed by atoms with E-state index in [2.05, 4.69) is 33.2 Å². The molecule has 3 amide bonds. The molecule has 1 aliphatic heterocycles. The molecule has 1 saturated heterocycles. The van der Waals surface area contributed by atoms with Gasteiger partial charge in [-0.15, -0.1) is 0 Å². The molecule has 0 spiro atoms. The molecule has 3 aromatic carbocycles. The van der Waals surface area contributed by atoms with Crippen LogP contribution in [0.4, 0.5) is 11.4 Å². The van der Waals surface area contributed by atoms with Crippen LogP contribution in [0.15, 0.2) is 66.2 Å². The van der Waals surface area contributed by atoms with Gasteiger partial charge < -0.3 is 14.8 Å². The summed E-state index contributed by atoms with van der Waals surface area (Å²) in [6.45, 7) is 5.92. The largest absolute Gasteiger partial charge is 0.490 e. The minimum atomic E-state index is -0.589. The summed E-state index contributed by atoms with van der Waals surface area (Å²) in [4.78, 5) is 39.8. The summed E-state index contributed by atoms with van der Waals surface area (Å²) in [7, 11) is 0. The van der Waals surface area contributed by atoms with Gasteiger partial charge in [-0.05, 0) is 115 Å². The van der Waals surface area contributed by atoms with E-state index in [1.54, 1.807) is 36.4 Å². The molecule has 4 rings (SSSR count). The number of hydrogen-bond donors (Lipinski definition) is 2. The maximum atomic E-state index is 13.3. The van der Waals surface area contributed by atoms with Gasteiger partial charge in [0.25, 0.3) is 17.7 Å². The van der Waals surface area contributed by atoms with Crippen molar-refractivity contribution in [3.8, 4) is 11.5 Å². The van der Waals surface area contributed by atoms with Crippen molar-refractivity contribution in [3.05, 3.63) is 86.5 Å². The first-order valence-corrected chi connectivity index (χ1v) is 13.6. The molecule has 0 aliphatic carbocycles. The quantitative estimate of drug-likeness (QED) is 0.151. The van der Waals surface area contributed by atoms with E-state index in [4.69, 9.17) is 21.7 Å². The molecule has 0 saturated carbocycles. The fourth-order valence-corrected chi connectivity index (χ4v) is 4.93. The van der Waals surface area contributed by atoms with E-state index in [0.29, 0.717) is 38.6 Å². The zero-order valence-electron chi connectivity index (χ0n) is 21.5. The molecule has 1 aliphatic rings. The number of anilines is 2. The van der Waals surface area contributed by atoms with Crippen LogP contribution in [0.3, 0.4) is 0 Å². The zero-order valence-corrected chi connectivity index (χ0v) is 24.5. The molecule has 0 bridgehead atoms. The summed E-state index contributed by atoms with van der Waals surface area (Å²) in [5.74, 6) is -0.667. The van der Waals surface area contributed by atoms with E-state index in [0.717, 1.165) is 11.1 Å². The van der Waals surface area contributed by atoms with Gasteiger partial charge >= 0.3 is 0 Å². The third-order valence-corrected chi connectivity index (χ3v) is 6.98. The maximum absolute atomic E-state index is 13.3. The van der Waals surface area contributed by atoms with Gasteiger partial charge in [0.05, 0.1) is 15.9 Å². The van der Waals surface area contributed by atoms with Gasteiger partial charge in [-0.2, -0.15) is 0 Å². The number of nitrogens with one attached hydrogen (secondary N) is 2. The SMILES string of the molecule is CCOc1cc(/C=C2/C(=O)NC(=S)N(c3ccccc3)C2=O)cc(I)c1OCC(=O)Nc1ccc(C)c(C)c1. The van der Waals surface area contributed by atoms with Gasteiger partial charge in [-0.3, -0.25) is 24.6 Å². The number of carbonyl (C=O) groups is 3. The molecule has 1 fully saturated rings. The van der Waals surface area contributed by atoms with Crippen molar-refractivity contribution in [3.63, 3.8) is 0 Å². The summed E-state index contributed by atoms with van der Waals surface area (Å²) in [5, 5.41) is 5.43. The lowest BCUT2D eigenvalue weighted by Crippen LogP contribution is -2.54. The number of carbonyl (C=O) groups excluding carboxylic acids is 3. The number of nitrogens with zero attached hydrogens (tertiary/aromatic N) is 1. The van der Waals surface area contributed by atoms with E-state index < -0.39 is 11.8 Å². The highest BCUT2D eigenvalue weighted by Crippen LogP contribution is 2.35. The van der Waals surface area contributed by atoms with Gasteiger partial charge in [0.15, 0.2) is 23.2 Å². The lowest BCUT2D eigenvalue weighted by atomic mass is 10.1. The highest BCUT2D eigenvalue weighted by atomic mass is 127. The van der Waals surface area contributed by atoms with Crippen molar-refractivity contribution >= 4 is 75.1 Å². The molecule has 3 aromatic rings. The Labute approximate surface area is 245 Å². The monoisotopic (exact) mass is 655 g/mol. The van der Waals surface area contributed by atoms with Gasteiger partial charge in [0.1, 0.15) is 5.57 Å². The van der Waals surface area contributed by atoms with E-state index in [1.165, 1.54) is 11.0 Å². The van der Waals surface area contributed by atoms with Crippen molar-refractivity contribution in [2.45, 2.75) is 20.8 Å². The van der Waals surface area contributed by atoms with Crippen molar-refractivity contribution in [2.24, 2.45) is 0 Å². The molecule has 2 N–H and O–H groups in total. The Bertz CT molecular complexity index is 1490. The number of halogens is 1. The van der Waals surface area contributed by atoms with Crippen LogP contribution in [0, 0.1) is 17.4 Å². The van der Waals surface area contributed by atoms with Crippen LogP contribution in [0.5, 0.6) is 11.5 Å². The molecule has 0 radical (unpaired) electrons. The first kappa shape index (κ1) is 28.2. The van der Waals surface area contributed by atoms with E-state index in [-0.39, 0.29) is 23.2 Å². The topological polar surface area (TPSA) is 97.0 Å². The van der Waals surface area contributed by atoms with Crippen LogP contribution < -0.4 is 25.0 Å². The summed E-state index contributed by atoms with van der Waals surface area (Å²) >= 11 is 7.32. The predicted molar refractivity (Wildman–Crippen MR) is 163 cm³/mol. The molecule has 39 heavy (non-hydrogen) atoms. The van der Waals surface area contributed by atoms with Crippen LogP contribution >= 0.6 is 34.8 Å².